The van der Waals surface area contributed by atoms with Gasteiger partial charge in [-0.2, -0.15) is 5.26 Å². The van der Waals surface area contributed by atoms with Crippen molar-refractivity contribution in [3.63, 3.8) is 0 Å². The van der Waals surface area contributed by atoms with Crippen LogP contribution in [0, 0.1) is 17.4 Å². The molecule has 2 heterocycles. The number of β-amino-alcohol motifs (C(OH)–C–C–N with tert-alkyl or cyclic N) is 1. The van der Waals surface area contributed by atoms with E-state index in [1.165, 1.54) is 42.6 Å². The maximum Gasteiger partial charge on any atom is 0.220 e. The molecule has 0 spiro atoms. The fraction of sp³-hybridized carbons (Fsp3) is 0.667. The van der Waals surface area contributed by atoms with Crippen molar-refractivity contribution < 1.29 is 19.5 Å². The molecule has 0 radical (unpaired) electrons. The summed E-state index contributed by atoms with van der Waals surface area (Å²) in [6.45, 7) is 7.40. The summed E-state index contributed by atoms with van der Waals surface area (Å²) in [5.41, 5.74) is 2.38. The fourth-order valence-electron chi connectivity index (χ4n) is 5.23. The zero-order valence-corrected chi connectivity index (χ0v) is 24.2. The first kappa shape index (κ1) is 32.3. The molecule has 3 fully saturated rings. The first-order chi connectivity index (χ1) is 18.5. The Hall–Kier alpha value is -2.96. The topological polar surface area (TPSA) is 126 Å². The Morgan fingerprint density at radius 2 is 1.82 bits per heavy atom. The van der Waals surface area contributed by atoms with E-state index in [4.69, 9.17) is 10.4 Å². The van der Waals surface area contributed by atoms with Crippen LogP contribution in [0.4, 0.5) is 5.69 Å². The summed E-state index contributed by atoms with van der Waals surface area (Å²) >= 11 is 0. The fourth-order valence-corrected chi connectivity index (χ4v) is 5.23. The Morgan fingerprint density at radius 3 is 2.23 bits per heavy atom. The molecule has 1 aliphatic carbocycles. The van der Waals surface area contributed by atoms with Crippen LogP contribution in [0.25, 0.3) is 0 Å². The lowest BCUT2D eigenvalue weighted by Gasteiger charge is -2.30. The van der Waals surface area contributed by atoms with Crippen LogP contribution in [-0.4, -0.2) is 79.9 Å². The number of hydrogen-bond donors (Lipinski definition) is 3. The van der Waals surface area contributed by atoms with Gasteiger partial charge >= 0.3 is 0 Å². The number of rotatable bonds is 6. The summed E-state index contributed by atoms with van der Waals surface area (Å²) in [5.74, 6) is 0.0747. The number of aldehydes is 2. The predicted molar refractivity (Wildman–Crippen MR) is 153 cm³/mol. The Bertz CT molecular complexity index is 950. The van der Waals surface area contributed by atoms with Gasteiger partial charge in [0.15, 0.2) is 6.19 Å². The Morgan fingerprint density at radius 1 is 1.18 bits per heavy atom. The molecular formula is C30H47N5O4. The van der Waals surface area contributed by atoms with Crippen LogP contribution >= 0.6 is 0 Å². The SMILES string of the molecule is CN(c1ccc(C(C)(C)C)cc1)C(C=O)C1CNC(=O)C1.CNC1CCCCC1.N#CN1CC(O)CC1C=O. The number of aliphatic hydroxyl groups excluding tert-OH is 1. The molecule has 216 valence electrons. The molecule has 1 saturated carbocycles. The molecule has 39 heavy (non-hydrogen) atoms. The minimum absolute atomic E-state index is 0.0309. The molecule has 2 aliphatic heterocycles. The van der Waals surface area contributed by atoms with Crippen LogP contribution in [-0.2, 0) is 19.8 Å². The first-order valence-electron chi connectivity index (χ1n) is 14.1. The first-order valence-corrected chi connectivity index (χ1v) is 14.1. The third-order valence-corrected chi connectivity index (χ3v) is 7.84. The van der Waals surface area contributed by atoms with Crippen molar-refractivity contribution in [2.24, 2.45) is 5.92 Å². The minimum atomic E-state index is -0.519. The number of nitriles is 1. The van der Waals surface area contributed by atoms with Crippen molar-refractivity contribution in [1.29, 1.82) is 5.26 Å². The molecule has 4 rings (SSSR count). The summed E-state index contributed by atoms with van der Waals surface area (Å²) in [6, 6.07) is 8.45. The van der Waals surface area contributed by atoms with E-state index in [0.29, 0.717) is 32.2 Å². The Labute approximate surface area is 233 Å². The van der Waals surface area contributed by atoms with Crippen LogP contribution in [0.15, 0.2) is 24.3 Å². The number of carbonyl (C=O) groups is 3. The van der Waals surface area contributed by atoms with Gasteiger partial charge in [-0.25, -0.2) is 0 Å². The molecule has 9 heteroatoms. The summed E-state index contributed by atoms with van der Waals surface area (Å²) in [5, 5.41) is 23.5. The minimum Gasteiger partial charge on any atom is -0.391 e. The summed E-state index contributed by atoms with van der Waals surface area (Å²) in [6.07, 6.45) is 10.9. The second-order valence-electron chi connectivity index (χ2n) is 11.8. The number of aliphatic hydroxyl groups is 1. The van der Waals surface area contributed by atoms with Gasteiger partial charge in [0, 0.05) is 44.1 Å². The maximum atomic E-state index is 11.5. The molecule has 9 nitrogen and oxygen atoms in total. The number of hydrogen-bond acceptors (Lipinski definition) is 8. The maximum absolute atomic E-state index is 11.5. The zero-order valence-electron chi connectivity index (χ0n) is 24.2. The van der Waals surface area contributed by atoms with Gasteiger partial charge in [0.05, 0.1) is 24.7 Å². The molecule has 1 amide bonds. The third kappa shape index (κ3) is 9.94. The highest BCUT2D eigenvalue weighted by Gasteiger charge is 2.32. The molecule has 0 aromatic heterocycles. The molecule has 1 aromatic carbocycles. The summed E-state index contributed by atoms with van der Waals surface area (Å²) in [7, 11) is 3.98. The average molecular weight is 542 g/mol. The second kappa shape index (κ2) is 15.6. The number of nitrogens with zero attached hydrogens (tertiary/aromatic N) is 3. The van der Waals surface area contributed by atoms with Gasteiger partial charge in [-0.1, -0.05) is 52.2 Å². The van der Waals surface area contributed by atoms with Gasteiger partial charge in [0.25, 0.3) is 0 Å². The highest BCUT2D eigenvalue weighted by Crippen LogP contribution is 2.27. The number of nitrogens with one attached hydrogen (secondary N) is 2. The zero-order chi connectivity index (χ0) is 29.0. The lowest BCUT2D eigenvalue weighted by atomic mass is 9.87. The van der Waals surface area contributed by atoms with E-state index in [9.17, 15) is 14.4 Å². The number of amides is 1. The molecule has 0 bridgehead atoms. The van der Waals surface area contributed by atoms with Crippen molar-refractivity contribution in [3.8, 4) is 6.19 Å². The number of anilines is 1. The van der Waals surface area contributed by atoms with Gasteiger partial charge in [0.2, 0.25) is 5.91 Å². The normalized spacial score (nSPS) is 23.8. The summed E-state index contributed by atoms with van der Waals surface area (Å²) in [4.78, 5) is 36.3. The van der Waals surface area contributed by atoms with Crippen molar-refractivity contribution in [1.82, 2.24) is 15.5 Å². The van der Waals surface area contributed by atoms with Crippen LogP contribution in [0.2, 0.25) is 0 Å². The van der Waals surface area contributed by atoms with Gasteiger partial charge in [-0.3, -0.25) is 9.69 Å². The standard InChI is InChI=1S/C17H24N2O2.C7H15N.C6H8N2O2/c1-17(2,3)13-5-7-14(8-6-13)19(4)15(11-20)12-9-16(21)18-10-12;1-8-7-5-3-2-4-6-7;7-4-8-2-6(10)1-5(8)3-9/h5-8,11-12,15H,9-10H2,1-4H3,(H,18,21);7-8H,2-6H2,1H3;3,5-6,10H,1-2H2. The van der Waals surface area contributed by atoms with E-state index in [0.717, 1.165) is 18.0 Å². The monoisotopic (exact) mass is 541 g/mol. The van der Waals surface area contributed by atoms with E-state index < -0.39 is 12.1 Å². The Balaban J connectivity index is 0.000000243. The van der Waals surface area contributed by atoms with Crippen LogP contribution in [0.1, 0.15) is 71.3 Å². The van der Waals surface area contributed by atoms with Gasteiger partial charge < -0.3 is 30.2 Å². The van der Waals surface area contributed by atoms with Crippen molar-refractivity contribution in [2.75, 3.05) is 32.1 Å². The van der Waals surface area contributed by atoms with Crippen molar-refractivity contribution in [2.45, 2.75) is 95.4 Å². The number of benzene rings is 1. The molecule has 3 N–H and O–H groups in total. The predicted octanol–water partition coefficient (Wildman–Crippen LogP) is 2.76. The largest absolute Gasteiger partial charge is 0.391 e. The smallest absolute Gasteiger partial charge is 0.220 e. The molecule has 4 atom stereocenters. The van der Waals surface area contributed by atoms with Crippen molar-refractivity contribution >= 4 is 24.2 Å². The number of likely N-dealkylation sites (N-methyl/N-ethyl adjacent to an activating group) is 1. The molecular weight excluding hydrogens is 494 g/mol. The highest BCUT2D eigenvalue weighted by atomic mass is 16.3. The molecule has 3 aliphatic rings. The van der Waals surface area contributed by atoms with E-state index in [1.807, 2.05) is 30.3 Å². The molecule has 4 unspecified atom stereocenters. The Kier molecular flexibility index (Phi) is 12.9. The number of carbonyl (C=O) groups excluding carboxylic acids is 3. The second-order valence-corrected chi connectivity index (χ2v) is 11.8. The molecule has 2 saturated heterocycles. The van der Waals surface area contributed by atoms with E-state index >= 15 is 0 Å². The average Bonchev–Trinajstić information content (AvgIpc) is 3.54. The lowest BCUT2D eigenvalue weighted by molar-refractivity contribution is -0.119. The summed E-state index contributed by atoms with van der Waals surface area (Å²) < 4.78 is 0. The third-order valence-electron chi connectivity index (χ3n) is 7.84. The van der Waals surface area contributed by atoms with Crippen LogP contribution < -0.4 is 15.5 Å². The quantitative estimate of drug-likeness (QED) is 0.371. The highest BCUT2D eigenvalue weighted by molar-refractivity contribution is 5.80. The number of likely N-dealkylation sites (tertiary alicyclic amines) is 1. The molecule has 1 aromatic rings. The van der Waals surface area contributed by atoms with Gasteiger partial charge in [-0.05, 0) is 43.0 Å². The lowest BCUT2D eigenvalue weighted by Crippen LogP contribution is -2.40. The van der Waals surface area contributed by atoms with E-state index in [2.05, 4.69) is 50.6 Å². The van der Waals surface area contributed by atoms with E-state index in [1.54, 1.807) is 0 Å². The van der Waals surface area contributed by atoms with Crippen molar-refractivity contribution in [3.05, 3.63) is 29.8 Å². The van der Waals surface area contributed by atoms with Gasteiger partial charge in [-0.15, -0.1) is 0 Å². The van der Waals surface area contributed by atoms with Crippen LogP contribution in [0.5, 0.6) is 0 Å². The van der Waals surface area contributed by atoms with E-state index in [-0.39, 0.29) is 23.3 Å². The van der Waals surface area contributed by atoms with Crippen LogP contribution in [0.3, 0.4) is 0 Å². The van der Waals surface area contributed by atoms with Gasteiger partial charge in [0.1, 0.15) is 12.6 Å².